The van der Waals surface area contributed by atoms with E-state index in [2.05, 4.69) is 10.9 Å². The summed E-state index contributed by atoms with van der Waals surface area (Å²) >= 11 is 0. The average molecular weight is 386 g/mol. The van der Waals surface area contributed by atoms with Gasteiger partial charge in [-0.15, -0.1) is 6.42 Å². The fourth-order valence-corrected chi connectivity index (χ4v) is 4.21. The van der Waals surface area contributed by atoms with Crippen LogP contribution in [0.1, 0.15) is 41.8 Å². The number of aromatic amines is 1. The Balaban J connectivity index is 1.97. The standard InChI is InChI=1S/C24H22N2O3/c1-4-15-10-12-16(13-11-15)23-22-18(17-8-6-7-9-19(17)25-22)14-20(24(28)29-3)26(23)21(27)5-2/h1,6-13,20,23,25H,5,14H2,2-3H3. The Morgan fingerprint density at radius 3 is 2.59 bits per heavy atom. The minimum absolute atomic E-state index is 0.101. The maximum atomic E-state index is 13.0. The monoisotopic (exact) mass is 386 g/mol. The van der Waals surface area contributed by atoms with Crippen LogP contribution in [0.25, 0.3) is 10.9 Å². The summed E-state index contributed by atoms with van der Waals surface area (Å²) in [6.07, 6.45) is 6.21. The maximum absolute atomic E-state index is 13.0. The number of ether oxygens (including phenoxy) is 1. The summed E-state index contributed by atoms with van der Waals surface area (Å²) in [7, 11) is 1.36. The van der Waals surface area contributed by atoms with E-state index in [0.29, 0.717) is 12.8 Å². The molecule has 1 N–H and O–H groups in total. The van der Waals surface area contributed by atoms with Crippen LogP contribution in [0.2, 0.25) is 0 Å². The first-order valence-electron chi connectivity index (χ1n) is 9.64. The van der Waals surface area contributed by atoms with Crippen molar-refractivity contribution >= 4 is 22.8 Å². The molecule has 2 unspecified atom stereocenters. The Labute approximate surface area is 169 Å². The fraction of sp³-hybridized carbons (Fsp3) is 0.250. The third-order valence-electron chi connectivity index (χ3n) is 5.59. The van der Waals surface area contributed by atoms with Crippen molar-refractivity contribution in [2.24, 2.45) is 0 Å². The van der Waals surface area contributed by atoms with Crippen LogP contribution in [0.4, 0.5) is 0 Å². The Morgan fingerprint density at radius 2 is 1.93 bits per heavy atom. The summed E-state index contributed by atoms with van der Waals surface area (Å²) in [6, 6.07) is 14.4. The van der Waals surface area contributed by atoms with E-state index >= 15 is 0 Å². The van der Waals surface area contributed by atoms with Crippen molar-refractivity contribution in [3.8, 4) is 12.3 Å². The lowest BCUT2D eigenvalue weighted by molar-refractivity contribution is -0.155. The van der Waals surface area contributed by atoms with Crippen molar-refractivity contribution in [3.05, 3.63) is 70.9 Å². The molecule has 1 aromatic heterocycles. The van der Waals surface area contributed by atoms with Crippen LogP contribution in [-0.2, 0) is 20.7 Å². The predicted molar refractivity (Wildman–Crippen MR) is 111 cm³/mol. The first-order valence-corrected chi connectivity index (χ1v) is 9.64. The summed E-state index contributed by atoms with van der Waals surface area (Å²) < 4.78 is 5.07. The molecule has 1 aliphatic heterocycles. The van der Waals surface area contributed by atoms with Gasteiger partial charge in [-0.2, -0.15) is 0 Å². The highest BCUT2D eigenvalue weighted by Crippen LogP contribution is 2.41. The van der Waals surface area contributed by atoms with Gasteiger partial charge in [0.1, 0.15) is 6.04 Å². The summed E-state index contributed by atoms with van der Waals surface area (Å²) in [6.45, 7) is 1.80. The zero-order chi connectivity index (χ0) is 20.5. The third kappa shape index (κ3) is 3.07. The van der Waals surface area contributed by atoms with E-state index in [1.165, 1.54) is 7.11 Å². The number of methoxy groups -OCH3 is 1. The van der Waals surface area contributed by atoms with Gasteiger partial charge in [0.05, 0.1) is 13.2 Å². The molecule has 0 fully saturated rings. The molecule has 2 heterocycles. The molecule has 29 heavy (non-hydrogen) atoms. The second kappa shape index (κ2) is 7.48. The lowest BCUT2D eigenvalue weighted by atomic mass is 9.87. The molecular formula is C24H22N2O3. The van der Waals surface area contributed by atoms with Crippen LogP contribution >= 0.6 is 0 Å². The molecule has 4 rings (SSSR count). The van der Waals surface area contributed by atoms with E-state index < -0.39 is 18.1 Å². The van der Waals surface area contributed by atoms with Crippen LogP contribution < -0.4 is 0 Å². The minimum Gasteiger partial charge on any atom is -0.467 e. The SMILES string of the molecule is C#Cc1ccc(C2c3[nH]c4ccccc4c3CC(C(=O)OC)N2C(=O)CC)cc1. The number of benzene rings is 2. The normalized spacial score (nSPS) is 18.2. The van der Waals surface area contributed by atoms with Gasteiger partial charge >= 0.3 is 5.97 Å². The molecule has 3 aromatic rings. The van der Waals surface area contributed by atoms with Gasteiger partial charge in [0.15, 0.2) is 0 Å². The average Bonchev–Trinajstić information content (AvgIpc) is 3.15. The zero-order valence-corrected chi connectivity index (χ0v) is 16.4. The van der Waals surface area contributed by atoms with Gasteiger partial charge in [0.25, 0.3) is 0 Å². The van der Waals surface area contributed by atoms with Gasteiger partial charge < -0.3 is 14.6 Å². The molecule has 0 saturated heterocycles. The number of carbonyl (C=O) groups excluding carboxylic acids is 2. The Bertz CT molecular complexity index is 1120. The van der Waals surface area contributed by atoms with Crippen molar-refractivity contribution in [2.45, 2.75) is 31.8 Å². The van der Waals surface area contributed by atoms with Crippen LogP contribution in [0.5, 0.6) is 0 Å². The quantitative estimate of drug-likeness (QED) is 0.553. The van der Waals surface area contributed by atoms with Crippen LogP contribution in [-0.4, -0.2) is 34.9 Å². The third-order valence-corrected chi connectivity index (χ3v) is 5.59. The molecule has 0 radical (unpaired) electrons. The topological polar surface area (TPSA) is 62.4 Å². The molecule has 146 valence electrons. The number of carbonyl (C=O) groups is 2. The number of hydrogen-bond donors (Lipinski definition) is 1. The van der Waals surface area contributed by atoms with Gasteiger partial charge in [-0.25, -0.2) is 4.79 Å². The molecule has 2 atom stereocenters. The molecular weight excluding hydrogens is 364 g/mol. The summed E-state index contributed by atoms with van der Waals surface area (Å²) in [5.74, 6) is 2.11. The summed E-state index contributed by atoms with van der Waals surface area (Å²) in [5, 5.41) is 1.06. The number of rotatable bonds is 3. The number of amides is 1. The zero-order valence-electron chi connectivity index (χ0n) is 16.4. The molecule has 1 amide bonds. The Morgan fingerprint density at radius 1 is 1.21 bits per heavy atom. The van der Waals surface area contributed by atoms with Crippen LogP contribution in [0, 0.1) is 12.3 Å². The largest absolute Gasteiger partial charge is 0.467 e. The predicted octanol–water partition coefficient (Wildman–Crippen LogP) is 3.57. The molecule has 2 aromatic carbocycles. The molecule has 5 nitrogen and oxygen atoms in total. The molecule has 5 heteroatoms. The number of esters is 1. The second-order valence-electron chi connectivity index (χ2n) is 7.13. The van der Waals surface area contributed by atoms with E-state index in [4.69, 9.17) is 11.2 Å². The van der Waals surface area contributed by atoms with Crippen molar-refractivity contribution in [1.29, 1.82) is 0 Å². The van der Waals surface area contributed by atoms with Gasteiger partial charge in [-0.1, -0.05) is 43.2 Å². The van der Waals surface area contributed by atoms with Gasteiger partial charge in [-0.3, -0.25) is 4.79 Å². The number of aromatic nitrogens is 1. The molecule has 0 aliphatic carbocycles. The van der Waals surface area contributed by atoms with Crippen molar-refractivity contribution < 1.29 is 14.3 Å². The highest BCUT2D eigenvalue weighted by Gasteiger charge is 2.43. The molecule has 0 saturated carbocycles. The van der Waals surface area contributed by atoms with E-state index in [1.807, 2.05) is 48.5 Å². The Hall–Kier alpha value is -3.52. The lowest BCUT2D eigenvalue weighted by Crippen LogP contribution is -2.51. The lowest BCUT2D eigenvalue weighted by Gasteiger charge is -2.41. The fourth-order valence-electron chi connectivity index (χ4n) is 4.21. The molecule has 0 bridgehead atoms. The van der Waals surface area contributed by atoms with E-state index in [1.54, 1.807) is 11.8 Å². The number of nitrogens with one attached hydrogen (secondary N) is 1. The first-order chi connectivity index (χ1) is 14.1. The minimum atomic E-state index is -0.684. The molecule has 1 aliphatic rings. The highest BCUT2D eigenvalue weighted by molar-refractivity contribution is 5.90. The summed E-state index contributed by atoms with van der Waals surface area (Å²) in [4.78, 5) is 30.8. The number of terminal acetylenes is 1. The number of fused-ring (bicyclic) bond motifs is 3. The number of para-hydroxylation sites is 1. The number of hydrogen-bond acceptors (Lipinski definition) is 3. The van der Waals surface area contributed by atoms with Crippen LogP contribution in [0.15, 0.2) is 48.5 Å². The first kappa shape index (κ1) is 18.8. The van der Waals surface area contributed by atoms with Crippen LogP contribution in [0.3, 0.4) is 0 Å². The van der Waals surface area contributed by atoms with Crippen molar-refractivity contribution in [1.82, 2.24) is 9.88 Å². The van der Waals surface area contributed by atoms with Crippen molar-refractivity contribution in [3.63, 3.8) is 0 Å². The Kier molecular flexibility index (Phi) is 4.85. The van der Waals surface area contributed by atoms with Gasteiger partial charge in [0.2, 0.25) is 5.91 Å². The van der Waals surface area contributed by atoms with Crippen molar-refractivity contribution in [2.75, 3.05) is 7.11 Å². The number of H-pyrrole nitrogens is 1. The smallest absolute Gasteiger partial charge is 0.328 e. The summed E-state index contributed by atoms with van der Waals surface area (Å²) in [5.41, 5.74) is 4.62. The van der Waals surface area contributed by atoms with E-state index in [-0.39, 0.29) is 5.91 Å². The molecule has 0 spiro atoms. The number of nitrogens with zero attached hydrogens (tertiary/aromatic N) is 1. The highest BCUT2D eigenvalue weighted by atomic mass is 16.5. The maximum Gasteiger partial charge on any atom is 0.328 e. The van der Waals surface area contributed by atoms with Gasteiger partial charge in [-0.05, 0) is 29.3 Å². The van der Waals surface area contributed by atoms with E-state index in [9.17, 15) is 9.59 Å². The second-order valence-corrected chi connectivity index (χ2v) is 7.13. The van der Waals surface area contributed by atoms with Gasteiger partial charge in [0, 0.05) is 35.0 Å². The van der Waals surface area contributed by atoms with E-state index in [0.717, 1.165) is 33.3 Å².